The first-order chi connectivity index (χ1) is 5.72. The van der Waals surface area contributed by atoms with E-state index >= 15 is 0 Å². The minimum atomic E-state index is -1.10. The Labute approximate surface area is 78.8 Å². The molecule has 0 spiro atoms. The van der Waals surface area contributed by atoms with Crippen LogP contribution in [-0.4, -0.2) is 17.7 Å². The average Bonchev–Trinajstić information content (AvgIpc) is 1.81. The highest BCUT2D eigenvalue weighted by atomic mass is 19.1. The molecule has 0 aromatic carbocycles. The van der Waals surface area contributed by atoms with Gasteiger partial charge in [0.2, 0.25) is 0 Å². The Morgan fingerprint density at radius 1 is 1.46 bits per heavy atom. The Morgan fingerprint density at radius 3 is 2.23 bits per heavy atom. The lowest BCUT2D eigenvalue weighted by Gasteiger charge is -2.18. The third kappa shape index (κ3) is 6.31. The number of halogens is 1. The summed E-state index contributed by atoms with van der Waals surface area (Å²) < 4.78 is 17.6. The molecule has 0 aromatic rings. The third-order valence-electron chi connectivity index (χ3n) is 1.38. The smallest absolute Gasteiger partial charge is 0.331 e. The summed E-state index contributed by atoms with van der Waals surface area (Å²) in [5.74, 6) is -0.491. The molecule has 0 saturated heterocycles. The Morgan fingerprint density at radius 2 is 1.92 bits per heavy atom. The van der Waals surface area contributed by atoms with Crippen molar-refractivity contribution in [1.82, 2.24) is 0 Å². The van der Waals surface area contributed by atoms with Crippen LogP contribution in [0.2, 0.25) is 0 Å². The van der Waals surface area contributed by atoms with Crippen LogP contribution >= 0.6 is 0 Å². The summed E-state index contributed by atoms with van der Waals surface area (Å²) in [6.07, 6.45) is 0.0862. The lowest BCUT2D eigenvalue weighted by atomic mass is 10.2. The van der Waals surface area contributed by atoms with Crippen LogP contribution in [0.3, 0.4) is 0 Å². The van der Waals surface area contributed by atoms with Gasteiger partial charge in [0, 0.05) is 6.08 Å². The molecule has 0 aliphatic carbocycles. The molecular formula is C10H17FO2. The Bertz CT molecular complexity index is 211. The van der Waals surface area contributed by atoms with Gasteiger partial charge in [-0.3, -0.25) is 0 Å². The lowest BCUT2D eigenvalue weighted by Crippen LogP contribution is -2.23. The van der Waals surface area contributed by atoms with E-state index in [0.29, 0.717) is 5.57 Å². The topological polar surface area (TPSA) is 26.3 Å². The predicted molar refractivity (Wildman–Crippen MR) is 50.2 cm³/mol. The molecule has 76 valence electrons. The molecule has 0 heterocycles. The fraction of sp³-hybridized carbons (Fsp3) is 0.700. The number of rotatable bonds is 2. The highest BCUT2D eigenvalue weighted by molar-refractivity contribution is 5.83. The van der Waals surface area contributed by atoms with Crippen LogP contribution in [0.25, 0.3) is 0 Å². The molecule has 1 unspecified atom stereocenters. The van der Waals surface area contributed by atoms with Crippen molar-refractivity contribution in [3.63, 3.8) is 0 Å². The van der Waals surface area contributed by atoms with Gasteiger partial charge in [-0.1, -0.05) is 0 Å². The summed E-state index contributed by atoms with van der Waals surface area (Å²) in [5.41, 5.74) is -0.137. The second-order valence-electron chi connectivity index (χ2n) is 4.04. The summed E-state index contributed by atoms with van der Waals surface area (Å²) in [6, 6.07) is 0. The van der Waals surface area contributed by atoms with Crippen molar-refractivity contribution < 1.29 is 13.9 Å². The maximum atomic E-state index is 12.6. The molecule has 3 heteroatoms. The van der Waals surface area contributed by atoms with Crippen LogP contribution in [-0.2, 0) is 9.53 Å². The van der Waals surface area contributed by atoms with Crippen molar-refractivity contribution in [2.45, 2.75) is 46.4 Å². The first-order valence-electron chi connectivity index (χ1n) is 4.27. The molecule has 1 atom stereocenters. The van der Waals surface area contributed by atoms with Gasteiger partial charge in [0.05, 0.1) is 0 Å². The van der Waals surface area contributed by atoms with Crippen LogP contribution in [0.1, 0.15) is 34.6 Å². The zero-order valence-corrected chi connectivity index (χ0v) is 8.85. The van der Waals surface area contributed by atoms with E-state index in [4.69, 9.17) is 4.74 Å². The zero-order valence-electron chi connectivity index (χ0n) is 8.85. The van der Waals surface area contributed by atoms with Gasteiger partial charge in [0.15, 0.2) is 0 Å². The predicted octanol–water partition coefficient (Wildman–Crippen LogP) is 2.63. The van der Waals surface area contributed by atoms with Gasteiger partial charge in [-0.05, 0) is 40.2 Å². The number of allylic oxidation sites excluding steroid dienone is 1. The van der Waals surface area contributed by atoms with Gasteiger partial charge >= 0.3 is 5.97 Å². The van der Waals surface area contributed by atoms with Crippen LogP contribution in [0.15, 0.2) is 11.6 Å². The second-order valence-corrected chi connectivity index (χ2v) is 4.04. The molecule has 0 bridgehead atoms. The Kier molecular flexibility index (Phi) is 4.11. The molecule has 2 nitrogen and oxygen atoms in total. The maximum absolute atomic E-state index is 12.6. The van der Waals surface area contributed by atoms with E-state index in [-0.39, 0.29) is 0 Å². The van der Waals surface area contributed by atoms with Crippen LogP contribution in [0.4, 0.5) is 4.39 Å². The molecule has 13 heavy (non-hydrogen) atoms. The van der Waals surface area contributed by atoms with Crippen molar-refractivity contribution in [3.05, 3.63) is 11.6 Å². The van der Waals surface area contributed by atoms with E-state index in [9.17, 15) is 9.18 Å². The second kappa shape index (κ2) is 4.40. The SMILES string of the molecule is C/C(=C/C(=O)OC(C)(C)C)C(C)F. The van der Waals surface area contributed by atoms with Gasteiger partial charge in [-0.15, -0.1) is 0 Å². The number of hydrogen-bond acceptors (Lipinski definition) is 2. The number of carbonyl (C=O) groups is 1. The first-order valence-corrected chi connectivity index (χ1v) is 4.27. The maximum Gasteiger partial charge on any atom is 0.331 e. The molecule has 0 saturated carbocycles. The minimum Gasteiger partial charge on any atom is -0.457 e. The first kappa shape index (κ1) is 12.1. The number of carbonyl (C=O) groups excluding carboxylic acids is 1. The van der Waals surface area contributed by atoms with Gasteiger partial charge in [0.25, 0.3) is 0 Å². The molecule has 0 aliphatic rings. The summed E-state index contributed by atoms with van der Waals surface area (Å²) in [7, 11) is 0. The van der Waals surface area contributed by atoms with Crippen molar-refractivity contribution in [2.24, 2.45) is 0 Å². The molecule has 0 aromatic heterocycles. The minimum absolute atomic E-state index is 0.384. The monoisotopic (exact) mass is 188 g/mol. The number of ether oxygens (including phenoxy) is 1. The summed E-state index contributed by atoms with van der Waals surface area (Å²) in [6.45, 7) is 8.26. The summed E-state index contributed by atoms with van der Waals surface area (Å²) in [4.78, 5) is 11.1. The van der Waals surface area contributed by atoms with Crippen molar-refractivity contribution in [1.29, 1.82) is 0 Å². The van der Waals surface area contributed by atoms with Crippen molar-refractivity contribution in [2.75, 3.05) is 0 Å². The Balaban J connectivity index is 4.24. The largest absolute Gasteiger partial charge is 0.457 e. The molecule has 0 N–H and O–H groups in total. The van der Waals surface area contributed by atoms with E-state index < -0.39 is 17.7 Å². The van der Waals surface area contributed by atoms with Crippen LogP contribution in [0, 0.1) is 0 Å². The van der Waals surface area contributed by atoms with Gasteiger partial charge in [0.1, 0.15) is 11.8 Å². The average molecular weight is 188 g/mol. The molecule has 0 rings (SSSR count). The molecule has 0 aliphatic heterocycles. The standard InChI is InChI=1S/C10H17FO2/c1-7(8(2)11)6-9(12)13-10(3,4)5/h6,8H,1-5H3/b7-6-. The van der Waals surface area contributed by atoms with Gasteiger partial charge < -0.3 is 4.74 Å². The highest BCUT2D eigenvalue weighted by Crippen LogP contribution is 2.10. The van der Waals surface area contributed by atoms with Gasteiger partial charge in [-0.25, -0.2) is 9.18 Å². The van der Waals surface area contributed by atoms with Crippen LogP contribution in [0.5, 0.6) is 0 Å². The highest BCUT2D eigenvalue weighted by Gasteiger charge is 2.15. The van der Waals surface area contributed by atoms with E-state index in [1.54, 1.807) is 27.7 Å². The van der Waals surface area contributed by atoms with Crippen LogP contribution < -0.4 is 0 Å². The molecular weight excluding hydrogens is 171 g/mol. The van der Waals surface area contributed by atoms with E-state index in [2.05, 4.69) is 0 Å². The molecule has 0 radical (unpaired) electrons. The zero-order chi connectivity index (χ0) is 10.6. The number of alkyl halides is 1. The van der Waals surface area contributed by atoms with E-state index in [1.807, 2.05) is 0 Å². The summed E-state index contributed by atoms with van der Waals surface area (Å²) in [5, 5.41) is 0. The Hall–Kier alpha value is -0.860. The normalized spacial score (nSPS) is 15.4. The quantitative estimate of drug-likeness (QED) is 0.492. The molecule has 0 amide bonds. The summed E-state index contributed by atoms with van der Waals surface area (Å²) >= 11 is 0. The van der Waals surface area contributed by atoms with Crippen molar-refractivity contribution in [3.8, 4) is 0 Å². The number of esters is 1. The van der Waals surface area contributed by atoms with E-state index in [1.165, 1.54) is 13.0 Å². The fourth-order valence-corrected chi connectivity index (χ4v) is 0.632. The van der Waals surface area contributed by atoms with Crippen molar-refractivity contribution >= 4 is 5.97 Å². The van der Waals surface area contributed by atoms with E-state index in [0.717, 1.165) is 0 Å². The fourth-order valence-electron chi connectivity index (χ4n) is 0.632. The number of hydrogen-bond donors (Lipinski definition) is 0. The lowest BCUT2D eigenvalue weighted by molar-refractivity contribution is -0.148. The molecule has 0 fully saturated rings. The third-order valence-corrected chi connectivity index (χ3v) is 1.38. The van der Waals surface area contributed by atoms with Gasteiger partial charge in [-0.2, -0.15) is 0 Å².